The number of benzene rings is 2. The Morgan fingerprint density at radius 3 is 2.76 bits per heavy atom. The van der Waals surface area contributed by atoms with Gasteiger partial charge in [0.1, 0.15) is 12.7 Å². The number of hydrogen-bond donors (Lipinski definition) is 1. The van der Waals surface area contributed by atoms with Gasteiger partial charge in [-0.15, -0.1) is 0 Å². The lowest BCUT2D eigenvalue weighted by atomic mass is 10.1. The van der Waals surface area contributed by atoms with Crippen LogP contribution in [0.3, 0.4) is 0 Å². The van der Waals surface area contributed by atoms with Crippen molar-refractivity contribution in [2.75, 3.05) is 18.9 Å². The normalized spacial score (nSPS) is 20.3. The summed E-state index contributed by atoms with van der Waals surface area (Å²) in [5.41, 5.74) is 9.37. The Bertz CT molecular complexity index is 672. The molecule has 0 fully saturated rings. The SMILES string of the molecule is Nc1ccc2c(c1)CN(CC1COc3ccccc3O1)C2. The second-order valence-corrected chi connectivity index (χ2v) is 5.70. The fraction of sp³-hybridized carbons (Fsp3) is 0.294. The molecular formula is C17H18N2O2. The zero-order valence-corrected chi connectivity index (χ0v) is 11.8. The molecule has 2 aliphatic rings. The summed E-state index contributed by atoms with van der Waals surface area (Å²) in [6.45, 7) is 3.36. The van der Waals surface area contributed by atoms with Crippen molar-refractivity contribution in [1.82, 2.24) is 4.90 Å². The molecule has 0 radical (unpaired) electrons. The first kappa shape index (κ1) is 12.5. The van der Waals surface area contributed by atoms with Gasteiger partial charge in [-0.3, -0.25) is 4.90 Å². The van der Waals surface area contributed by atoms with Crippen molar-refractivity contribution in [2.45, 2.75) is 19.2 Å². The van der Waals surface area contributed by atoms with Crippen molar-refractivity contribution in [1.29, 1.82) is 0 Å². The molecule has 2 N–H and O–H groups in total. The van der Waals surface area contributed by atoms with Crippen molar-refractivity contribution >= 4 is 5.69 Å². The van der Waals surface area contributed by atoms with Gasteiger partial charge >= 0.3 is 0 Å². The molecule has 108 valence electrons. The van der Waals surface area contributed by atoms with Crippen LogP contribution in [-0.2, 0) is 13.1 Å². The van der Waals surface area contributed by atoms with Crippen LogP contribution in [0, 0.1) is 0 Å². The lowest BCUT2D eigenvalue weighted by Gasteiger charge is -2.29. The highest BCUT2D eigenvalue weighted by molar-refractivity contribution is 5.46. The average Bonchev–Trinajstić information content (AvgIpc) is 2.88. The highest BCUT2D eigenvalue weighted by Crippen LogP contribution is 2.32. The molecule has 2 aromatic rings. The molecule has 0 amide bonds. The van der Waals surface area contributed by atoms with Gasteiger partial charge in [-0.25, -0.2) is 0 Å². The van der Waals surface area contributed by atoms with Crippen molar-refractivity contribution in [3.05, 3.63) is 53.6 Å². The summed E-state index contributed by atoms with van der Waals surface area (Å²) in [5, 5.41) is 0. The molecule has 0 saturated heterocycles. The lowest BCUT2D eigenvalue weighted by molar-refractivity contribution is 0.0578. The van der Waals surface area contributed by atoms with E-state index in [0.29, 0.717) is 6.61 Å². The molecule has 1 atom stereocenters. The van der Waals surface area contributed by atoms with Crippen LogP contribution in [0.1, 0.15) is 11.1 Å². The van der Waals surface area contributed by atoms with E-state index in [2.05, 4.69) is 17.0 Å². The quantitative estimate of drug-likeness (QED) is 0.859. The molecule has 4 rings (SSSR count). The highest BCUT2D eigenvalue weighted by Gasteiger charge is 2.26. The summed E-state index contributed by atoms with van der Waals surface area (Å²) in [5.74, 6) is 1.68. The number of rotatable bonds is 2. The Balaban J connectivity index is 1.43. The number of ether oxygens (including phenoxy) is 2. The van der Waals surface area contributed by atoms with Crippen LogP contribution in [-0.4, -0.2) is 24.2 Å². The molecule has 21 heavy (non-hydrogen) atoms. The Morgan fingerprint density at radius 1 is 1.05 bits per heavy atom. The Labute approximate surface area is 124 Å². The average molecular weight is 282 g/mol. The first-order valence-corrected chi connectivity index (χ1v) is 7.26. The monoisotopic (exact) mass is 282 g/mol. The van der Waals surface area contributed by atoms with E-state index in [9.17, 15) is 0 Å². The van der Waals surface area contributed by atoms with Gasteiger partial charge in [0, 0.05) is 25.3 Å². The van der Waals surface area contributed by atoms with Crippen molar-refractivity contribution in [3.8, 4) is 11.5 Å². The van der Waals surface area contributed by atoms with Gasteiger partial charge in [0.25, 0.3) is 0 Å². The highest BCUT2D eigenvalue weighted by atomic mass is 16.6. The number of nitrogens with zero attached hydrogens (tertiary/aromatic N) is 1. The van der Waals surface area contributed by atoms with Gasteiger partial charge < -0.3 is 15.2 Å². The number of fused-ring (bicyclic) bond motifs is 2. The summed E-state index contributed by atoms with van der Waals surface area (Å²) >= 11 is 0. The second kappa shape index (κ2) is 4.97. The predicted octanol–water partition coefficient (Wildman–Crippen LogP) is 2.42. The zero-order valence-electron chi connectivity index (χ0n) is 11.8. The van der Waals surface area contributed by atoms with Crippen LogP contribution in [0.5, 0.6) is 11.5 Å². The van der Waals surface area contributed by atoms with Crippen LogP contribution in [0.2, 0.25) is 0 Å². The fourth-order valence-corrected chi connectivity index (χ4v) is 3.06. The predicted molar refractivity (Wildman–Crippen MR) is 81.3 cm³/mol. The molecule has 0 aliphatic carbocycles. The maximum absolute atomic E-state index is 6.03. The van der Waals surface area contributed by atoms with Crippen molar-refractivity contribution in [2.24, 2.45) is 0 Å². The Hall–Kier alpha value is -2.20. The number of hydrogen-bond acceptors (Lipinski definition) is 4. The molecule has 0 spiro atoms. The molecule has 2 aliphatic heterocycles. The maximum Gasteiger partial charge on any atom is 0.161 e. The van der Waals surface area contributed by atoms with Crippen LogP contribution >= 0.6 is 0 Å². The van der Waals surface area contributed by atoms with E-state index < -0.39 is 0 Å². The van der Waals surface area contributed by atoms with E-state index in [1.807, 2.05) is 30.3 Å². The molecule has 2 aromatic carbocycles. The summed E-state index contributed by atoms with van der Waals surface area (Å²) in [4.78, 5) is 2.38. The molecule has 2 heterocycles. The van der Waals surface area contributed by atoms with Gasteiger partial charge in [0.2, 0.25) is 0 Å². The largest absolute Gasteiger partial charge is 0.486 e. The molecule has 1 unspecified atom stereocenters. The summed E-state index contributed by atoms with van der Waals surface area (Å²) < 4.78 is 11.8. The summed E-state index contributed by atoms with van der Waals surface area (Å²) in [6.07, 6.45) is 0.0755. The van der Waals surface area contributed by atoms with Gasteiger partial charge in [0.05, 0.1) is 0 Å². The third kappa shape index (κ3) is 2.43. The minimum Gasteiger partial charge on any atom is -0.486 e. The minimum absolute atomic E-state index is 0.0755. The molecule has 4 heteroatoms. The number of para-hydroxylation sites is 2. The second-order valence-electron chi connectivity index (χ2n) is 5.70. The van der Waals surface area contributed by atoms with E-state index >= 15 is 0 Å². The Kier molecular flexibility index (Phi) is 2.97. The van der Waals surface area contributed by atoms with Gasteiger partial charge in [-0.2, -0.15) is 0 Å². The van der Waals surface area contributed by atoms with Crippen LogP contribution in [0.15, 0.2) is 42.5 Å². The number of nitrogens with two attached hydrogens (primary N) is 1. The van der Waals surface area contributed by atoms with Crippen molar-refractivity contribution in [3.63, 3.8) is 0 Å². The Morgan fingerprint density at radius 2 is 1.86 bits per heavy atom. The van der Waals surface area contributed by atoms with Crippen LogP contribution < -0.4 is 15.2 Å². The summed E-state index contributed by atoms with van der Waals surface area (Å²) in [6, 6.07) is 14.0. The zero-order chi connectivity index (χ0) is 14.2. The smallest absolute Gasteiger partial charge is 0.161 e. The van der Waals surface area contributed by atoms with E-state index in [-0.39, 0.29) is 6.10 Å². The van der Waals surface area contributed by atoms with E-state index in [4.69, 9.17) is 15.2 Å². The fourth-order valence-electron chi connectivity index (χ4n) is 3.06. The molecule has 0 saturated carbocycles. The molecule has 0 aromatic heterocycles. The van der Waals surface area contributed by atoms with E-state index in [1.165, 1.54) is 11.1 Å². The van der Waals surface area contributed by atoms with Crippen LogP contribution in [0.25, 0.3) is 0 Å². The van der Waals surface area contributed by atoms with Gasteiger partial charge in [-0.05, 0) is 35.4 Å². The minimum atomic E-state index is 0.0755. The molecule has 4 nitrogen and oxygen atoms in total. The maximum atomic E-state index is 6.03. The van der Waals surface area contributed by atoms with Crippen LogP contribution in [0.4, 0.5) is 5.69 Å². The molecule has 0 bridgehead atoms. The lowest BCUT2D eigenvalue weighted by Crippen LogP contribution is -2.38. The van der Waals surface area contributed by atoms with Gasteiger partial charge in [0.15, 0.2) is 11.5 Å². The standard InChI is InChI=1S/C17H18N2O2/c18-14-6-5-12-8-19(9-13(12)7-14)10-15-11-20-16-3-1-2-4-17(16)21-15/h1-7,15H,8-11,18H2. The number of nitrogen functional groups attached to an aromatic ring is 1. The third-order valence-corrected chi connectivity index (χ3v) is 4.05. The van der Waals surface area contributed by atoms with Gasteiger partial charge in [-0.1, -0.05) is 18.2 Å². The van der Waals surface area contributed by atoms with E-state index in [0.717, 1.165) is 36.8 Å². The first-order valence-electron chi connectivity index (χ1n) is 7.26. The third-order valence-electron chi connectivity index (χ3n) is 4.05. The van der Waals surface area contributed by atoms with E-state index in [1.54, 1.807) is 0 Å². The molecular weight excluding hydrogens is 264 g/mol. The van der Waals surface area contributed by atoms with Crippen molar-refractivity contribution < 1.29 is 9.47 Å². The first-order chi connectivity index (χ1) is 10.3. The topological polar surface area (TPSA) is 47.7 Å². The number of anilines is 1. The summed E-state index contributed by atoms with van der Waals surface area (Å²) in [7, 11) is 0.